The number of hydrogen-bond acceptors (Lipinski definition) is 6. The third-order valence-corrected chi connectivity index (χ3v) is 5.01. The minimum absolute atomic E-state index is 0.0113. The van der Waals surface area contributed by atoms with E-state index in [0.717, 1.165) is 50.8 Å². The first-order valence-corrected chi connectivity index (χ1v) is 9.30. The van der Waals surface area contributed by atoms with E-state index in [2.05, 4.69) is 35.8 Å². The number of aromatic hydroxyl groups is 1. The van der Waals surface area contributed by atoms with Crippen LogP contribution < -0.4 is 0 Å². The second-order valence-electron chi connectivity index (χ2n) is 8.07. The van der Waals surface area contributed by atoms with E-state index in [1.807, 2.05) is 0 Å². The molecule has 3 N–H and O–H groups in total. The molecule has 8 nitrogen and oxygen atoms in total. The van der Waals surface area contributed by atoms with Crippen molar-refractivity contribution in [2.45, 2.75) is 46.1 Å². The molecule has 1 fully saturated rings. The number of aromatic nitrogens is 1. The molecule has 1 aliphatic heterocycles. The molecule has 8 heteroatoms. The fraction of sp³-hybridized carbons (Fsp3) is 0.632. The Labute approximate surface area is 160 Å². The Bertz CT molecular complexity index is 672. The molecule has 2 rings (SSSR count). The summed E-state index contributed by atoms with van der Waals surface area (Å²) in [5.41, 5.74) is 0.997. The van der Waals surface area contributed by atoms with Gasteiger partial charge in [0.05, 0.1) is 12.3 Å². The molecule has 1 saturated heterocycles. The summed E-state index contributed by atoms with van der Waals surface area (Å²) in [7, 11) is 0. The quantitative estimate of drug-likeness (QED) is 0.304. The first-order valence-electron chi connectivity index (χ1n) is 9.30. The SMILES string of the molecule is CC(C)(C)C1CN(CCCCc2ccc(O)c(C=NO)n2)CCN1C(=O)O. The predicted octanol–water partition coefficient (Wildman–Crippen LogP) is 2.63. The van der Waals surface area contributed by atoms with E-state index in [4.69, 9.17) is 5.21 Å². The van der Waals surface area contributed by atoms with Crippen LogP contribution in [-0.2, 0) is 6.42 Å². The van der Waals surface area contributed by atoms with Gasteiger partial charge in [-0.15, -0.1) is 0 Å². The van der Waals surface area contributed by atoms with Gasteiger partial charge >= 0.3 is 6.09 Å². The van der Waals surface area contributed by atoms with Crippen LogP contribution in [0.2, 0.25) is 0 Å². The molecule has 2 heterocycles. The highest BCUT2D eigenvalue weighted by molar-refractivity contribution is 5.80. The molecule has 0 spiro atoms. The number of amides is 1. The third-order valence-electron chi connectivity index (χ3n) is 5.01. The first kappa shape index (κ1) is 21.0. The zero-order valence-corrected chi connectivity index (χ0v) is 16.3. The summed E-state index contributed by atoms with van der Waals surface area (Å²) >= 11 is 0. The van der Waals surface area contributed by atoms with Crippen molar-refractivity contribution in [1.29, 1.82) is 0 Å². The Balaban J connectivity index is 1.84. The highest BCUT2D eigenvalue weighted by Crippen LogP contribution is 2.28. The van der Waals surface area contributed by atoms with Crippen LogP contribution >= 0.6 is 0 Å². The van der Waals surface area contributed by atoms with E-state index in [-0.39, 0.29) is 22.9 Å². The van der Waals surface area contributed by atoms with Gasteiger partial charge in [-0.3, -0.25) is 4.90 Å². The van der Waals surface area contributed by atoms with Crippen LogP contribution in [0.5, 0.6) is 5.75 Å². The second kappa shape index (κ2) is 9.03. The monoisotopic (exact) mass is 378 g/mol. The van der Waals surface area contributed by atoms with Gasteiger partial charge in [0.15, 0.2) is 0 Å². The number of nitrogens with zero attached hydrogens (tertiary/aromatic N) is 4. The van der Waals surface area contributed by atoms with E-state index in [9.17, 15) is 15.0 Å². The van der Waals surface area contributed by atoms with Crippen molar-refractivity contribution in [3.05, 3.63) is 23.5 Å². The molecule has 1 aromatic heterocycles. The maximum atomic E-state index is 11.5. The van der Waals surface area contributed by atoms with Gasteiger partial charge in [-0.1, -0.05) is 25.9 Å². The van der Waals surface area contributed by atoms with E-state index in [1.165, 1.54) is 0 Å². The molecule has 0 aliphatic carbocycles. The van der Waals surface area contributed by atoms with E-state index >= 15 is 0 Å². The Morgan fingerprint density at radius 2 is 2.07 bits per heavy atom. The Morgan fingerprint density at radius 3 is 2.70 bits per heavy atom. The van der Waals surface area contributed by atoms with Crippen LogP contribution in [0.3, 0.4) is 0 Å². The normalized spacial score (nSPS) is 18.9. The maximum absolute atomic E-state index is 11.5. The molecule has 1 unspecified atom stereocenters. The summed E-state index contributed by atoms with van der Waals surface area (Å²) in [5, 5.41) is 30.6. The van der Waals surface area contributed by atoms with Crippen molar-refractivity contribution >= 4 is 12.3 Å². The third kappa shape index (κ3) is 5.82. The number of carbonyl (C=O) groups is 1. The highest BCUT2D eigenvalue weighted by atomic mass is 16.4. The average molecular weight is 378 g/mol. The summed E-state index contributed by atoms with van der Waals surface area (Å²) in [4.78, 5) is 19.7. The lowest BCUT2D eigenvalue weighted by atomic mass is 9.84. The number of unbranched alkanes of at least 4 members (excludes halogenated alkanes) is 1. The lowest BCUT2D eigenvalue weighted by Gasteiger charge is -2.46. The van der Waals surface area contributed by atoms with Gasteiger partial charge in [0.25, 0.3) is 0 Å². The summed E-state index contributed by atoms with van der Waals surface area (Å²) < 4.78 is 0. The minimum atomic E-state index is -0.838. The Kier molecular flexibility index (Phi) is 7.01. The first-order chi connectivity index (χ1) is 12.7. The van der Waals surface area contributed by atoms with Crippen LogP contribution in [0.15, 0.2) is 17.3 Å². The van der Waals surface area contributed by atoms with Crippen molar-refractivity contribution in [3.8, 4) is 5.75 Å². The maximum Gasteiger partial charge on any atom is 0.407 e. The van der Waals surface area contributed by atoms with Gasteiger partial charge in [-0.05, 0) is 43.4 Å². The highest BCUT2D eigenvalue weighted by Gasteiger charge is 2.37. The van der Waals surface area contributed by atoms with Crippen molar-refractivity contribution < 1.29 is 20.2 Å². The van der Waals surface area contributed by atoms with Crippen LogP contribution in [-0.4, -0.2) is 74.7 Å². The van der Waals surface area contributed by atoms with Gasteiger partial charge in [-0.2, -0.15) is 0 Å². The van der Waals surface area contributed by atoms with Crippen LogP contribution in [0.1, 0.15) is 45.0 Å². The molecular weight excluding hydrogens is 348 g/mol. The molecule has 1 atom stereocenters. The molecule has 0 aromatic carbocycles. The molecule has 1 aliphatic rings. The molecular formula is C19H30N4O4. The van der Waals surface area contributed by atoms with Crippen molar-refractivity contribution in [1.82, 2.24) is 14.8 Å². The van der Waals surface area contributed by atoms with Crippen molar-refractivity contribution in [2.75, 3.05) is 26.2 Å². The number of aryl methyl sites for hydroxylation is 1. The molecule has 0 saturated carbocycles. The number of carboxylic acid groups (broad SMARTS) is 1. The zero-order valence-electron chi connectivity index (χ0n) is 16.3. The topological polar surface area (TPSA) is 109 Å². The van der Waals surface area contributed by atoms with E-state index < -0.39 is 6.09 Å². The fourth-order valence-electron chi connectivity index (χ4n) is 3.45. The second-order valence-corrected chi connectivity index (χ2v) is 8.07. The zero-order chi connectivity index (χ0) is 20.0. The van der Waals surface area contributed by atoms with Crippen molar-refractivity contribution in [3.63, 3.8) is 0 Å². The summed E-state index contributed by atoms with van der Waals surface area (Å²) in [6.45, 7) is 9.23. The summed E-state index contributed by atoms with van der Waals surface area (Å²) in [6, 6.07) is 3.31. The van der Waals surface area contributed by atoms with Crippen LogP contribution in [0, 0.1) is 5.41 Å². The summed E-state index contributed by atoms with van der Waals surface area (Å²) in [5.74, 6) is -0.0129. The average Bonchev–Trinajstić information content (AvgIpc) is 2.60. The molecule has 0 bridgehead atoms. The number of oxime groups is 1. The van der Waals surface area contributed by atoms with Crippen molar-refractivity contribution in [2.24, 2.45) is 10.6 Å². The number of hydrogen-bond donors (Lipinski definition) is 3. The van der Waals surface area contributed by atoms with Gasteiger partial charge < -0.3 is 20.3 Å². The number of pyridine rings is 1. The Hall–Kier alpha value is -2.35. The molecule has 0 radical (unpaired) electrons. The fourth-order valence-corrected chi connectivity index (χ4v) is 3.45. The molecule has 150 valence electrons. The standard InChI is InChI=1S/C19H30N4O4/c1-19(2,3)17-13-22(10-11-23(17)18(25)26)9-5-4-6-14-7-8-16(24)15(21-14)12-20-27/h7-8,12,17,24,27H,4-6,9-11,13H2,1-3H3,(H,25,26). The molecule has 1 aromatic rings. The largest absolute Gasteiger partial charge is 0.506 e. The lowest BCUT2D eigenvalue weighted by Crippen LogP contribution is -2.59. The number of rotatable bonds is 6. The summed E-state index contributed by atoms with van der Waals surface area (Å²) in [6.07, 6.45) is 2.97. The number of piperazine rings is 1. The smallest absolute Gasteiger partial charge is 0.407 e. The van der Waals surface area contributed by atoms with Gasteiger partial charge in [0.1, 0.15) is 11.4 Å². The Morgan fingerprint density at radius 1 is 1.33 bits per heavy atom. The van der Waals surface area contributed by atoms with Crippen LogP contribution in [0.25, 0.3) is 0 Å². The lowest BCUT2D eigenvalue weighted by molar-refractivity contribution is 0.0213. The molecule has 27 heavy (non-hydrogen) atoms. The van der Waals surface area contributed by atoms with Gasteiger partial charge in [0.2, 0.25) is 0 Å². The van der Waals surface area contributed by atoms with Crippen LogP contribution in [0.4, 0.5) is 4.79 Å². The predicted molar refractivity (Wildman–Crippen MR) is 103 cm³/mol. The molecule has 1 amide bonds. The van der Waals surface area contributed by atoms with Gasteiger partial charge in [0, 0.05) is 25.3 Å². The van der Waals surface area contributed by atoms with E-state index in [0.29, 0.717) is 6.54 Å². The van der Waals surface area contributed by atoms with Gasteiger partial charge in [-0.25, -0.2) is 9.78 Å². The minimum Gasteiger partial charge on any atom is -0.506 e. The van der Waals surface area contributed by atoms with E-state index in [1.54, 1.807) is 17.0 Å².